The number of rotatable bonds is 5. The molecular weight excluding hydrogens is 402 g/mol. The fourth-order valence-corrected chi connectivity index (χ4v) is 4.49. The minimum Gasteiger partial charge on any atom is -0.367 e. The van der Waals surface area contributed by atoms with E-state index < -0.39 is 0 Å². The van der Waals surface area contributed by atoms with E-state index in [0.717, 1.165) is 62.6 Å². The first kappa shape index (κ1) is 22.1. The first-order chi connectivity index (χ1) is 15.6. The molecule has 0 aromatic heterocycles. The van der Waals surface area contributed by atoms with Gasteiger partial charge in [0.25, 0.3) is 0 Å². The van der Waals surface area contributed by atoms with Crippen molar-refractivity contribution in [2.45, 2.75) is 19.8 Å². The summed E-state index contributed by atoms with van der Waals surface area (Å²) in [6.45, 7) is 8.34. The number of hydrogen-bond donors (Lipinski definition) is 2. The first-order valence-electron chi connectivity index (χ1n) is 11.6. The molecule has 0 bridgehead atoms. The summed E-state index contributed by atoms with van der Waals surface area (Å²) in [5.41, 5.74) is 2.69. The fourth-order valence-electron chi connectivity index (χ4n) is 4.49. The van der Waals surface area contributed by atoms with Crippen LogP contribution in [-0.4, -0.2) is 67.6 Å². The zero-order valence-electron chi connectivity index (χ0n) is 18.8. The predicted molar refractivity (Wildman–Crippen MR) is 129 cm³/mol. The van der Waals surface area contributed by atoms with Crippen molar-refractivity contribution in [1.29, 1.82) is 0 Å². The van der Waals surface area contributed by atoms with Gasteiger partial charge < -0.3 is 25.3 Å². The molecule has 170 valence electrons. The van der Waals surface area contributed by atoms with Crippen molar-refractivity contribution in [1.82, 2.24) is 9.80 Å². The molecule has 1 unspecified atom stereocenters. The van der Waals surface area contributed by atoms with E-state index in [2.05, 4.69) is 33.4 Å². The standard InChI is InChI=1S/C25H33N5O2/c1-2-28-15-17-29(18-16-28)23-13-7-6-12-22(23)27-24(31)20-9-8-14-30(19-20)25(32)26-21-10-4-3-5-11-21/h3-7,10-13,20H,2,8-9,14-19H2,1H3,(H,26,32)(H,27,31). The summed E-state index contributed by atoms with van der Waals surface area (Å²) >= 11 is 0. The van der Waals surface area contributed by atoms with E-state index >= 15 is 0 Å². The summed E-state index contributed by atoms with van der Waals surface area (Å²) in [6.07, 6.45) is 1.61. The Morgan fingerprint density at radius 3 is 2.38 bits per heavy atom. The summed E-state index contributed by atoms with van der Waals surface area (Å²) in [5.74, 6) is -0.225. The summed E-state index contributed by atoms with van der Waals surface area (Å²) < 4.78 is 0. The summed E-state index contributed by atoms with van der Waals surface area (Å²) in [7, 11) is 0. The highest BCUT2D eigenvalue weighted by Gasteiger charge is 2.29. The number of nitrogens with one attached hydrogen (secondary N) is 2. The van der Waals surface area contributed by atoms with Crippen LogP contribution in [0.4, 0.5) is 21.9 Å². The molecule has 0 saturated carbocycles. The molecule has 1 atom stereocenters. The SMILES string of the molecule is CCN1CCN(c2ccccc2NC(=O)C2CCCN(C(=O)Nc3ccccc3)C2)CC1. The molecule has 2 N–H and O–H groups in total. The smallest absolute Gasteiger partial charge is 0.321 e. The van der Waals surface area contributed by atoms with E-state index in [-0.39, 0.29) is 17.9 Å². The van der Waals surface area contributed by atoms with Gasteiger partial charge in [-0.1, -0.05) is 37.3 Å². The van der Waals surface area contributed by atoms with Crippen LogP contribution in [0.3, 0.4) is 0 Å². The fraction of sp³-hybridized carbons (Fsp3) is 0.440. The molecule has 2 saturated heterocycles. The van der Waals surface area contributed by atoms with Crippen LogP contribution < -0.4 is 15.5 Å². The Labute approximate surface area is 190 Å². The number of amides is 3. The van der Waals surface area contributed by atoms with Gasteiger partial charge in [-0.05, 0) is 43.7 Å². The van der Waals surface area contributed by atoms with Crippen molar-refractivity contribution in [3.8, 4) is 0 Å². The molecule has 0 spiro atoms. The number of likely N-dealkylation sites (N-methyl/N-ethyl adjacent to an activating group) is 1. The molecule has 2 fully saturated rings. The van der Waals surface area contributed by atoms with Gasteiger partial charge in [-0.15, -0.1) is 0 Å². The molecule has 2 aromatic rings. The van der Waals surface area contributed by atoms with Gasteiger partial charge in [0.05, 0.1) is 17.3 Å². The molecule has 2 aliphatic rings. The summed E-state index contributed by atoms with van der Waals surface area (Å²) in [5, 5.41) is 6.09. The van der Waals surface area contributed by atoms with Crippen LogP contribution in [0, 0.1) is 5.92 Å². The number of piperazine rings is 1. The highest BCUT2D eigenvalue weighted by atomic mass is 16.2. The number of hydrogen-bond acceptors (Lipinski definition) is 4. The van der Waals surface area contributed by atoms with Gasteiger partial charge in [0.15, 0.2) is 0 Å². The van der Waals surface area contributed by atoms with Crippen LogP contribution in [0.2, 0.25) is 0 Å². The lowest BCUT2D eigenvalue weighted by Gasteiger charge is -2.36. The quantitative estimate of drug-likeness (QED) is 0.751. The Bertz CT molecular complexity index is 912. The van der Waals surface area contributed by atoms with Gasteiger partial charge in [-0.25, -0.2) is 4.79 Å². The normalized spacial score (nSPS) is 19.5. The number of para-hydroxylation sites is 3. The number of piperidine rings is 1. The number of likely N-dealkylation sites (tertiary alicyclic amines) is 1. The van der Waals surface area contributed by atoms with Gasteiger partial charge in [-0.3, -0.25) is 4.79 Å². The minimum atomic E-state index is -0.213. The molecule has 0 aliphatic carbocycles. The zero-order valence-corrected chi connectivity index (χ0v) is 18.8. The average molecular weight is 436 g/mol. The van der Waals surface area contributed by atoms with Crippen LogP contribution in [0.25, 0.3) is 0 Å². The van der Waals surface area contributed by atoms with Crippen LogP contribution in [0.1, 0.15) is 19.8 Å². The van der Waals surface area contributed by atoms with E-state index in [9.17, 15) is 9.59 Å². The Morgan fingerprint density at radius 1 is 0.906 bits per heavy atom. The van der Waals surface area contributed by atoms with Crippen LogP contribution in [0.15, 0.2) is 54.6 Å². The third-order valence-electron chi connectivity index (χ3n) is 6.43. The van der Waals surface area contributed by atoms with Gasteiger partial charge >= 0.3 is 6.03 Å². The maximum atomic E-state index is 13.1. The van der Waals surface area contributed by atoms with Crippen molar-refractivity contribution >= 4 is 29.0 Å². The highest BCUT2D eigenvalue weighted by Crippen LogP contribution is 2.28. The van der Waals surface area contributed by atoms with Gasteiger partial charge in [0, 0.05) is 45.0 Å². The van der Waals surface area contributed by atoms with E-state index in [1.54, 1.807) is 4.90 Å². The molecule has 32 heavy (non-hydrogen) atoms. The van der Waals surface area contributed by atoms with Crippen LogP contribution in [0.5, 0.6) is 0 Å². The van der Waals surface area contributed by atoms with Crippen LogP contribution in [-0.2, 0) is 4.79 Å². The monoisotopic (exact) mass is 435 g/mol. The third-order valence-corrected chi connectivity index (χ3v) is 6.43. The molecular formula is C25H33N5O2. The second-order valence-electron chi connectivity index (χ2n) is 8.51. The lowest BCUT2D eigenvalue weighted by Crippen LogP contribution is -2.47. The Hall–Kier alpha value is -3.06. The van der Waals surface area contributed by atoms with Gasteiger partial charge in [0.1, 0.15) is 0 Å². The van der Waals surface area contributed by atoms with Crippen LogP contribution >= 0.6 is 0 Å². The number of carbonyl (C=O) groups excluding carboxylic acids is 2. The van der Waals surface area contributed by atoms with Crippen molar-refractivity contribution in [3.63, 3.8) is 0 Å². The highest BCUT2D eigenvalue weighted by molar-refractivity contribution is 5.97. The molecule has 7 nitrogen and oxygen atoms in total. The summed E-state index contributed by atoms with van der Waals surface area (Å²) in [6, 6.07) is 17.3. The Morgan fingerprint density at radius 2 is 1.62 bits per heavy atom. The zero-order chi connectivity index (χ0) is 22.3. The number of urea groups is 1. The maximum Gasteiger partial charge on any atom is 0.321 e. The molecule has 2 heterocycles. The second kappa shape index (κ2) is 10.5. The Kier molecular flexibility index (Phi) is 7.27. The number of carbonyl (C=O) groups is 2. The molecule has 2 aromatic carbocycles. The van der Waals surface area contributed by atoms with E-state index in [4.69, 9.17) is 0 Å². The summed E-state index contributed by atoms with van der Waals surface area (Å²) in [4.78, 5) is 32.3. The van der Waals surface area contributed by atoms with E-state index in [1.807, 2.05) is 48.5 Å². The maximum absolute atomic E-state index is 13.1. The first-order valence-corrected chi connectivity index (χ1v) is 11.6. The molecule has 0 radical (unpaired) electrons. The Balaban J connectivity index is 1.37. The number of anilines is 3. The van der Waals surface area contributed by atoms with Crippen molar-refractivity contribution in [3.05, 3.63) is 54.6 Å². The topological polar surface area (TPSA) is 67.9 Å². The minimum absolute atomic E-state index is 0.0122. The van der Waals surface area contributed by atoms with Crippen molar-refractivity contribution in [2.24, 2.45) is 5.92 Å². The number of benzene rings is 2. The molecule has 4 rings (SSSR count). The average Bonchev–Trinajstić information content (AvgIpc) is 2.85. The van der Waals surface area contributed by atoms with Crippen molar-refractivity contribution in [2.75, 3.05) is 61.3 Å². The van der Waals surface area contributed by atoms with E-state index in [0.29, 0.717) is 13.1 Å². The third kappa shape index (κ3) is 5.40. The lowest BCUT2D eigenvalue weighted by molar-refractivity contribution is -0.121. The molecule has 2 aliphatic heterocycles. The van der Waals surface area contributed by atoms with E-state index in [1.165, 1.54) is 0 Å². The molecule has 7 heteroatoms. The predicted octanol–water partition coefficient (Wildman–Crippen LogP) is 3.71. The van der Waals surface area contributed by atoms with Gasteiger partial charge in [0.2, 0.25) is 5.91 Å². The van der Waals surface area contributed by atoms with Gasteiger partial charge in [-0.2, -0.15) is 0 Å². The molecule has 3 amide bonds. The number of nitrogens with zero attached hydrogens (tertiary/aromatic N) is 3. The largest absolute Gasteiger partial charge is 0.367 e. The van der Waals surface area contributed by atoms with Crippen molar-refractivity contribution < 1.29 is 9.59 Å². The lowest BCUT2D eigenvalue weighted by atomic mass is 9.97. The second-order valence-corrected chi connectivity index (χ2v) is 8.51.